The molecule has 0 saturated heterocycles. The minimum Gasteiger partial charge on any atom is -0.493 e. The van der Waals surface area contributed by atoms with E-state index in [1.807, 2.05) is 38.1 Å². The molecule has 0 aliphatic heterocycles. The van der Waals surface area contributed by atoms with Crippen molar-refractivity contribution >= 4 is 23.3 Å². The number of nitrogens with zero attached hydrogens (tertiary/aromatic N) is 3. The third-order valence-electron chi connectivity index (χ3n) is 5.30. The number of hydrogen-bond acceptors (Lipinski definition) is 6. The first-order valence-corrected chi connectivity index (χ1v) is 10.7. The van der Waals surface area contributed by atoms with E-state index in [1.54, 1.807) is 48.7 Å². The van der Waals surface area contributed by atoms with E-state index in [1.165, 1.54) is 17.6 Å². The number of fused-ring (bicyclic) bond motifs is 1. The Hall–Kier alpha value is -4.90. The summed E-state index contributed by atoms with van der Waals surface area (Å²) in [6.07, 6.45) is 2.75. The third kappa shape index (κ3) is 4.89. The SMILES string of the molecule is COc1ccccc1Oc1nc2ccccn2c(=O)c1/C=C(/C#N)C(=O)Nc1cc(C)ccc1C. The molecular formula is C27H22N4O4. The maximum atomic E-state index is 13.4. The van der Waals surface area contributed by atoms with Crippen LogP contribution in [0.1, 0.15) is 16.7 Å². The van der Waals surface area contributed by atoms with Crippen molar-refractivity contribution in [2.24, 2.45) is 0 Å². The molecule has 0 fully saturated rings. The van der Waals surface area contributed by atoms with Gasteiger partial charge in [-0.25, -0.2) is 0 Å². The topological polar surface area (TPSA) is 106 Å². The monoisotopic (exact) mass is 466 g/mol. The van der Waals surface area contributed by atoms with Crippen LogP contribution in [-0.4, -0.2) is 22.4 Å². The van der Waals surface area contributed by atoms with Crippen LogP contribution in [-0.2, 0) is 4.79 Å². The molecule has 8 nitrogen and oxygen atoms in total. The molecule has 4 aromatic rings. The minimum absolute atomic E-state index is 0.0488. The number of hydrogen-bond donors (Lipinski definition) is 1. The first kappa shape index (κ1) is 23.3. The van der Waals surface area contributed by atoms with Crippen molar-refractivity contribution in [1.29, 1.82) is 5.26 Å². The van der Waals surface area contributed by atoms with Crippen LogP contribution < -0.4 is 20.3 Å². The van der Waals surface area contributed by atoms with Gasteiger partial charge in [-0.1, -0.05) is 30.3 Å². The number of nitriles is 1. The van der Waals surface area contributed by atoms with Gasteiger partial charge in [-0.15, -0.1) is 0 Å². The summed E-state index contributed by atoms with van der Waals surface area (Å²) in [7, 11) is 1.50. The molecule has 4 rings (SSSR count). The number of pyridine rings is 1. The lowest BCUT2D eigenvalue weighted by Gasteiger charge is -2.13. The average molecular weight is 466 g/mol. The summed E-state index contributed by atoms with van der Waals surface area (Å²) in [4.78, 5) is 30.8. The summed E-state index contributed by atoms with van der Waals surface area (Å²) >= 11 is 0. The number of para-hydroxylation sites is 2. The quantitative estimate of drug-likeness (QED) is 0.327. The van der Waals surface area contributed by atoms with Gasteiger partial charge in [0, 0.05) is 11.9 Å². The number of methoxy groups -OCH3 is 1. The molecule has 1 N–H and O–H groups in total. The van der Waals surface area contributed by atoms with Crippen LogP contribution in [0, 0.1) is 25.2 Å². The third-order valence-corrected chi connectivity index (χ3v) is 5.30. The number of carbonyl (C=O) groups is 1. The van der Waals surface area contributed by atoms with E-state index in [9.17, 15) is 14.9 Å². The molecule has 8 heteroatoms. The van der Waals surface area contributed by atoms with Gasteiger partial charge in [-0.3, -0.25) is 14.0 Å². The van der Waals surface area contributed by atoms with E-state index in [0.29, 0.717) is 22.8 Å². The van der Waals surface area contributed by atoms with Gasteiger partial charge in [0.1, 0.15) is 22.9 Å². The molecule has 0 unspecified atom stereocenters. The lowest BCUT2D eigenvalue weighted by Crippen LogP contribution is -2.20. The summed E-state index contributed by atoms with van der Waals surface area (Å²) in [5.41, 5.74) is 1.91. The van der Waals surface area contributed by atoms with Crippen molar-refractivity contribution in [1.82, 2.24) is 9.38 Å². The molecule has 1 amide bonds. The normalized spacial score (nSPS) is 11.1. The molecule has 0 aliphatic carbocycles. The second kappa shape index (κ2) is 9.93. The number of benzene rings is 2. The summed E-state index contributed by atoms with van der Waals surface area (Å²) in [6, 6.07) is 19.5. The Balaban J connectivity index is 1.83. The molecule has 0 spiro atoms. The number of nitrogens with one attached hydrogen (secondary N) is 1. The molecule has 35 heavy (non-hydrogen) atoms. The van der Waals surface area contributed by atoms with Crippen molar-refractivity contribution < 1.29 is 14.3 Å². The Bertz CT molecular complexity index is 1560. The van der Waals surface area contributed by atoms with E-state index in [2.05, 4.69) is 10.3 Å². The Morgan fingerprint density at radius 1 is 1.09 bits per heavy atom. The summed E-state index contributed by atoms with van der Waals surface area (Å²) in [5.74, 6) is 0.0563. The lowest BCUT2D eigenvalue weighted by molar-refractivity contribution is -0.112. The van der Waals surface area contributed by atoms with Crippen molar-refractivity contribution in [2.75, 3.05) is 12.4 Å². The predicted octanol–water partition coefficient (Wildman–Crippen LogP) is 4.66. The first-order valence-electron chi connectivity index (χ1n) is 10.7. The summed E-state index contributed by atoms with van der Waals surface area (Å²) in [5, 5.41) is 12.5. The highest BCUT2D eigenvalue weighted by Crippen LogP contribution is 2.32. The highest BCUT2D eigenvalue weighted by atomic mass is 16.5. The van der Waals surface area contributed by atoms with E-state index in [-0.39, 0.29) is 17.0 Å². The number of anilines is 1. The Morgan fingerprint density at radius 3 is 2.57 bits per heavy atom. The fraction of sp³-hybridized carbons (Fsp3) is 0.111. The van der Waals surface area contributed by atoms with Crippen molar-refractivity contribution in [3.8, 4) is 23.4 Å². The number of aryl methyl sites for hydroxylation is 2. The van der Waals surface area contributed by atoms with Crippen molar-refractivity contribution in [3.63, 3.8) is 0 Å². The van der Waals surface area contributed by atoms with Gasteiger partial charge in [0.2, 0.25) is 5.88 Å². The Kier molecular flexibility index (Phi) is 6.60. The molecule has 174 valence electrons. The van der Waals surface area contributed by atoms with Gasteiger partial charge >= 0.3 is 0 Å². The van der Waals surface area contributed by atoms with Gasteiger partial charge < -0.3 is 14.8 Å². The molecule has 0 saturated carbocycles. The average Bonchev–Trinajstić information content (AvgIpc) is 2.86. The largest absolute Gasteiger partial charge is 0.493 e. The van der Waals surface area contributed by atoms with E-state index >= 15 is 0 Å². The maximum absolute atomic E-state index is 13.4. The summed E-state index contributed by atoms with van der Waals surface area (Å²) < 4.78 is 12.6. The number of aromatic nitrogens is 2. The van der Waals surface area contributed by atoms with E-state index in [0.717, 1.165) is 11.1 Å². The lowest BCUT2D eigenvalue weighted by atomic mass is 10.1. The predicted molar refractivity (Wildman–Crippen MR) is 133 cm³/mol. The van der Waals surface area contributed by atoms with E-state index in [4.69, 9.17) is 9.47 Å². The highest BCUT2D eigenvalue weighted by Gasteiger charge is 2.19. The standard InChI is InChI=1S/C27H22N4O4/c1-17-11-12-18(2)21(14-17)29-25(32)19(16-28)15-20-26(35-23-9-5-4-8-22(23)34-3)30-24-10-6-7-13-31(24)27(20)33/h4-15H,1-3H3,(H,29,32)/b19-15-. The molecule has 0 atom stereocenters. The van der Waals surface area contributed by atoms with Gasteiger partial charge in [-0.05, 0) is 61.4 Å². The first-order chi connectivity index (χ1) is 16.9. The Morgan fingerprint density at radius 2 is 1.83 bits per heavy atom. The zero-order valence-electron chi connectivity index (χ0n) is 19.4. The summed E-state index contributed by atoms with van der Waals surface area (Å²) in [6.45, 7) is 3.75. The molecule has 0 aliphatic rings. The molecule has 0 bridgehead atoms. The zero-order valence-corrected chi connectivity index (χ0v) is 19.4. The molecule has 0 radical (unpaired) electrons. The van der Waals surface area contributed by atoms with Crippen LogP contribution in [0.2, 0.25) is 0 Å². The van der Waals surface area contributed by atoms with Gasteiger partial charge in [0.25, 0.3) is 11.5 Å². The number of amides is 1. The second-order valence-corrected chi connectivity index (χ2v) is 7.76. The molecular weight excluding hydrogens is 444 g/mol. The zero-order chi connectivity index (χ0) is 24.9. The van der Waals surface area contributed by atoms with Crippen LogP contribution in [0.3, 0.4) is 0 Å². The van der Waals surface area contributed by atoms with Crippen LogP contribution in [0.5, 0.6) is 17.4 Å². The van der Waals surface area contributed by atoms with Crippen LogP contribution in [0.15, 0.2) is 77.2 Å². The maximum Gasteiger partial charge on any atom is 0.269 e. The highest BCUT2D eigenvalue weighted by molar-refractivity contribution is 6.10. The molecule has 2 aromatic heterocycles. The smallest absolute Gasteiger partial charge is 0.269 e. The van der Waals surface area contributed by atoms with Gasteiger partial charge in [0.05, 0.1) is 7.11 Å². The number of rotatable bonds is 6. The van der Waals surface area contributed by atoms with Gasteiger partial charge in [0.15, 0.2) is 11.5 Å². The van der Waals surface area contributed by atoms with Crippen molar-refractivity contribution in [3.05, 3.63) is 99.5 Å². The fourth-order valence-electron chi connectivity index (χ4n) is 3.44. The number of carbonyl (C=O) groups excluding carboxylic acids is 1. The minimum atomic E-state index is -0.651. The molecule has 2 heterocycles. The van der Waals surface area contributed by atoms with Gasteiger partial charge in [-0.2, -0.15) is 10.2 Å². The van der Waals surface area contributed by atoms with Crippen LogP contribution >= 0.6 is 0 Å². The van der Waals surface area contributed by atoms with Crippen LogP contribution in [0.25, 0.3) is 11.7 Å². The molecule has 2 aromatic carbocycles. The number of ether oxygens (including phenoxy) is 2. The second-order valence-electron chi connectivity index (χ2n) is 7.76. The fourth-order valence-corrected chi connectivity index (χ4v) is 3.44. The van der Waals surface area contributed by atoms with E-state index < -0.39 is 11.5 Å². The van der Waals surface area contributed by atoms with Crippen molar-refractivity contribution in [2.45, 2.75) is 13.8 Å². The Labute approximate surface area is 201 Å². The van der Waals surface area contributed by atoms with Crippen LogP contribution in [0.4, 0.5) is 5.69 Å².